The molecule has 1 fully saturated rings. The molecule has 1 saturated heterocycles. The Labute approximate surface area is 106 Å². The zero-order valence-corrected chi connectivity index (χ0v) is 11.8. The first kappa shape index (κ1) is 14.9. The zero-order valence-electron chi connectivity index (χ0n) is 11.8. The maximum absolute atomic E-state index is 5.51. The summed E-state index contributed by atoms with van der Waals surface area (Å²) in [7, 11) is 1.70. The molecule has 1 atom stereocenters. The maximum atomic E-state index is 5.51. The molecule has 0 amide bonds. The fourth-order valence-corrected chi connectivity index (χ4v) is 2.03. The predicted molar refractivity (Wildman–Crippen MR) is 70.4 cm³/mol. The van der Waals surface area contributed by atoms with E-state index < -0.39 is 0 Å². The number of hydrogen-bond donors (Lipinski definition) is 1. The molecule has 1 heterocycles. The molecule has 1 unspecified atom stereocenters. The lowest BCUT2D eigenvalue weighted by molar-refractivity contribution is 0.0464. The van der Waals surface area contributed by atoms with Gasteiger partial charge in [0.15, 0.2) is 0 Å². The molecule has 4 nitrogen and oxygen atoms in total. The number of methoxy groups -OCH3 is 1. The molecule has 0 radical (unpaired) electrons. The summed E-state index contributed by atoms with van der Waals surface area (Å²) < 4.78 is 10.5. The average molecular weight is 244 g/mol. The highest BCUT2D eigenvalue weighted by Gasteiger charge is 2.28. The van der Waals surface area contributed by atoms with Crippen LogP contribution in [-0.2, 0) is 9.47 Å². The Balaban J connectivity index is 2.17. The molecule has 0 bridgehead atoms. The van der Waals surface area contributed by atoms with Gasteiger partial charge in [-0.05, 0) is 5.41 Å². The quantitative estimate of drug-likeness (QED) is 0.706. The molecule has 0 aromatic carbocycles. The van der Waals surface area contributed by atoms with Gasteiger partial charge in [-0.15, -0.1) is 0 Å². The first-order valence-corrected chi connectivity index (χ1v) is 6.56. The van der Waals surface area contributed by atoms with Crippen LogP contribution in [-0.4, -0.2) is 64.1 Å². The van der Waals surface area contributed by atoms with E-state index >= 15 is 0 Å². The first-order valence-electron chi connectivity index (χ1n) is 6.56. The van der Waals surface area contributed by atoms with Crippen molar-refractivity contribution in [1.82, 2.24) is 10.2 Å². The molecule has 0 aliphatic carbocycles. The zero-order chi connectivity index (χ0) is 12.7. The normalized spacial score (nSPS) is 22.9. The van der Waals surface area contributed by atoms with E-state index in [4.69, 9.17) is 9.47 Å². The second-order valence-corrected chi connectivity index (χ2v) is 5.78. The van der Waals surface area contributed by atoms with E-state index in [1.807, 2.05) is 0 Å². The largest absolute Gasteiger partial charge is 0.382 e. The summed E-state index contributed by atoms with van der Waals surface area (Å²) in [6.45, 7) is 13.4. The predicted octanol–water partition coefficient (Wildman–Crippen LogP) is 0.969. The van der Waals surface area contributed by atoms with Crippen LogP contribution >= 0.6 is 0 Å². The van der Waals surface area contributed by atoms with E-state index in [2.05, 4.69) is 31.0 Å². The van der Waals surface area contributed by atoms with Crippen LogP contribution in [0.15, 0.2) is 0 Å². The summed E-state index contributed by atoms with van der Waals surface area (Å²) in [5.41, 5.74) is 0.329. The maximum Gasteiger partial charge on any atom is 0.0700 e. The van der Waals surface area contributed by atoms with Gasteiger partial charge in [-0.2, -0.15) is 0 Å². The van der Waals surface area contributed by atoms with Crippen molar-refractivity contribution >= 4 is 0 Å². The second-order valence-electron chi connectivity index (χ2n) is 5.78. The summed E-state index contributed by atoms with van der Waals surface area (Å²) in [6.07, 6.45) is 0. The van der Waals surface area contributed by atoms with Crippen molar-refractivity contribution in [2.75, 3.05) is 53.1 Å². The second kappa shape index (κ2) is 7.31. The Bertz CT molecular complexity index is 204. The Morgan fingerprint density at radius 1 is 1.24 bits per heavy atom. The Morgan fingerprint density at radius 2 is 2.00 bits per heavy atom. The molecule has 1 aliphatic heterocycles. The third kappa shape index (κ3) is 5.82. The lowest BCUT2D eigenvalue weighted by Crippen LogP contribution is -2.56. The molecular formula is C13H28N2O2. The van der Waals surface area contributed by atoms with Crippen molar-refractivity contribution in [3.8, 4) is 0 Å². The molecule has 102 valence electrons. The number of piperazine rings is 1. The average Bonchev–Trinajstić information content (AvgIpc) is 2.28. The monoisotopic (exact) mass is 244 g/mol. The van der Waals surface area contributed by atoms with Gasteiger partial charge in [0.2, 0.25) is 0 Å². The highest BCUT2D eigenvalue weighted by molar-refractivity contribution is 4.87. The molecule has 1 aliphatic rings. The van der Waals surface area contributed by atoms with Gasteiger partial charge in [0.25, 0.3) is 0 Å². The third-order valence-electron chi connectivity index (χ3n) is 3.29. The fraction of sp³-hybridized carbons (Fsp3) is 1.00. The van der Waals surface area contributed by atoms with E-state index in [9.17, 15) is 0 Å². The van der Waals surface area contributed by atoms with E-state index in [0.29, 0.717) is 24.7 Å². The van der Waals surface area contributed by atoms with Gasteiger partial charge in [0.1, 0.15) is 0 Å². The number of hydrogen-bond acceptors (Lipinski definition) is 4. The van der Waals surface area contributed by atoms with Gasteiger partial charge in [-0.25, -0.2) is 0 Å². The lowest BCUT2D eigenvalue weighted by Gasteiger charge is -2.40. The molecule has 0 saturated carbocycles. The fourth-order valence-electron chi connectivity index (χ4n) is 2.03. The molecule has 4 heteroatoms. The summed E-state index contributed by atoms with van der Waals surface area (Å²) >= 11 is 0. The van der Waals surface area contributed by atoms with Crippen LogP contribution in [0.2, 0.25) is 0 Å². The first-order chi connectivity index (χ1) is 8.04. The summed E-state index contributed by atoms with van der Waals surface area (Å²) in [5.74, 6) is 0. The van der Waals surface area contributed by atoms with Crippen LogP contribution in [0.3, 0.4) is 0 Å². The minimum atomic E-state index is 0.329. The van der Waals surface area contributed by atoms with Crippen molar-refractivity contribution < 1.29 is 9.47 Å². The van der Waals surface area contributed by atoms with Gasteiger partial charge in [0, 0.05) is 39.3 Å². The van der Waals surface area contributed by atoms with Crippen molar-refractivity contribution in [1.29, 1.82) is 0 Å². The third-order valence-corrected chi connectivity index (χ3v) is 3.29. The number of ether oxygens (including phenoxy) is 2. The van der Waals surface area contributed by atoms with Crippen LogP contribution in [0.1, 0.15) is 20.8 Å². The standard InChI is InChI=1S/C13H28N2O2/c1-13(2,3)12-11-15(6-5-14-12)7-8-17-10-9-16-4/h12,14H,5-11H2,1-4H3. The van der Waals surface area contributed by atoms with E-state index in [1.54, 1.807) is 7.11 Å². The van der Waals surface area contributed by atoms with Gasteiger partial charge in [-0.1, -0.05) is 20.8 Å². The highest BCUT2D eigenvalue weighted by atomic mass is 16.5. The van der Waals surface area contributed by atoms with Gasteiger partial charge in [-0.3, -0.25) is 4.90 Å². The number of nitrogens with one attached hydrogen (secondary N) is 1. The van der Waals surface area contributed by atoms with Gasteiger partial charge >= 0.3 is 0 Å². The summed E-state index contributed by atoms with van der Waals surface area (Å²) in [5, 5.41) is 3.60. The molecule has 17 heavy (non-hydrogen) atoms. The van der Waals surface area contributed by atoms with Crippen LogP contribution < -0.4 is 5.32 Å². The van der Waals surface area contributed by atoms with Crippen LogP contribution in [0, 0.1) is 5.41 Å². The Hall–Kier alpha value is -0.160. The molecule has 0 spiro atoms. The van der Waals surface area contributed by atoms with Crippen molar-refractivity contribution in [3.63, 3.8) is 0 Å². The van der Waals surface area contributed by atoms with E-state index in [0.717, 1.165) is 32.8 Å². The van der Waals surface area contributed by atoms with Crippen LogP contribution in [0.5, 0.6) is 0 Å². The molecule has 0 aromatic rings. The van der Waals surface area contributed by atoms with Crippen LogP contribution in [0.4, 0.5) is 0 Å². The molecule has 1 N–H and O–H groups in total. The highest BCUT2D eigenvalue weighted by Crippen LogP contribution is 2.21. The number of rotatable bonds is 6. The van der Waals surface area contributed by atoms with Gasteiger partial charge in [0.05, 0.1) is 19.8 Å². The van der Waals surface area contributed by atoms with Crippen molar-refractivity contribution in [3.05, 3.63) is 0 Å². The summed E-state index contributed by atoms with van der Waals surface area (Å²) in [6, 6.07) is 0.579. The summed E-state index contributed by atoms with van der Waals surface area (Å²) in [4.78, 5) is 2.49. The number of nitrogens with zero attached hydrogens (tertiary/aromatic N) is 1. The van der Waals surface area contributed by atoms with Crippen LogP contribution in [0.25, 0.3) is 0 Å². The molecular weight excluding hydrogens is 216 g/mol. The van der Waals surface area contributed by atoms with Crippen molar-refractivity contribution in [2.45, 2.75) is 26.8 Å². The topological polar surface area (TPSA) is 33.7 Å². The van der Waals surface area contributed by atoms with E-state index in [-0.39, 0.29) is 0 Å². The van der Waals surface area contributed by atoms with Gasteiger partial charge < -0.3 is 14.8 Å². The Kier molecular flexibility index (Phi) is 6.41. The molecule has 0 aromatic heterocycles. The van der Waals surface area contributed by atoms with E-state index in [1.165, 1.54) is 0 Å². The lowest BCUT2D eigenvalue weighted by atomic mass is 9.85. The Morgan fingerprint density at radius 3 is 2.65 bits per heavy atom. The minimum Gasteiger partial charge on any atom is -0.382 e. The SMILES string of the molecule is COCCOCCN1CCNC(C(C)(C)C)C1. The minimum absolute atomic E-state index is 0.329. The molecule has 1 rings (SSSR count). The smallest absolute Gasteiger partial charge is 0.0700 e. The van der Waals surface area contributed by atoms with Crippen molar-refractivity contribution in [2.24, 2.45) is 5.41 Å².